The molecule has 0 aromatic carbocycles. The summed E-state index contributed by atoms with van der Waals surface area (Å²) in [6, 6.07) is 1.94. The molecule has 0 spiro atoms. The largest absolute Gasteiger partial charge is 0.359 e. The maximum atomic E-state index is 12.6. The quantitative estimate of drug-likeness (QED) is 0.825. The molecule has 2 aromatic rings. The Morgan fingerprint density at radius 1 is 1.32 bits per heavy atom. The van der Waals surface area contributed by atoms with Gasteiger partial charge in [-0.2, -0.15) is 4.98 Å². The third kappa shape index (κ3) is 4.08. The van der Waals surface area contributed by atoms with Crippen LogP contribution < -0.4 is 0 Å². The molecule has 7 nitrogen and oxygen atoms in total. The molecule has 0 unspecified atom stereocenters. The van der Waals surface area contributed by atoms with E-state index >= 15 is 0 Å². The Balaban J connectivity index is 1.53. The number of aryl methyl sites for hydroxylation is 2. The average Bonchev–Trinajstić information content (AvgIpc) is 3.25. The predicted octanol–water partition coefficient (Wildman–Crippen LogP) is 3.35. The van der Waals surface area contributed by atoms with Crippen molar-refractivity contribution in [3.8, 4) is 0 Å². The van der Waals surface area contributed by atoms with Crippen molar-refractivity contribution in [2.45, 2.75) is 71.3 Å². The van der Waals surface area contributed by atoms with Crippen molar-refractivity contribution in [1.82, 2.24) is 20.2 Å². The van der Waals surface area contributed by atoms with Gasteiger partial charge in [-0.15, -0.1) is 0 Å². The lowest BCUT2D eigenvalue weighted by atomic mass is 9.96. The first-order valence-electron chi connectivity index (χ1n) is 8.90. The lowest BCUT2D eigenvalue weighted by Crippen LogP contribution is -2.30. The number of rotatable bonds is 5. The molecule has 1 fully saturated rings. The number of carbonyl (C=O) groups excluding carboxylic acids is 1. The number of hydrogen-bond acceptors (Lipinski definition) is 6. The highest BCUT2D eigenvalue weighted by Gasteiger charge is 2.32. The zero-order valence-electron chi connectivity index (χ0n) is 15.4. The number of carbonyl (C=O) groups is 1. The maximum absolute atomic E-state index is 12.6. The third-order valence-corrected chi connectivity index (χ3v) is 4.47. The van der Waals surface area contributed by atoms with Gasteiger partial charge in [0.15, 0.2) is 11.6 Å². The highest BCUT2D eigenvalue weighted by molar-refractivity contribution is 5.76. The first kappa shape index (κ1) is 17.6. The number of nitrogens with zero attached hydrogens (tertiary/aromatic N) is 4. The Labute approximate surface area is 147 Å². The molecule has 0 aliphatic carbocycles. The lowest BCUT2D eigenvalue weighted by Gasteiger charge is -2.22. The number of hydrogen-bond donors (Lipinski definition) is 0. The van der Waals surface area contributed by atoms with Crippen LogP contribution in [0.15, 0.2) is 15.1 Å². The number of aromatic nitrogens is 3. The van der Waals surface area contributed by atoms with Gasteiger partial charge >= 0.3 is 0 Å². The van der Waals surface area contributed by atoms with Crippen LogP contribution in [-0.4, -0.2) is 32.6 Å². The molecule has 2 aromatic heterocycles. The van der Waals surface area contributed by atoms with Crippen LogP contribution in [-0.2, 0) is 16.6 Å². The van der Waals surface area contributed by atoms with E-state index in [1.165, 1.54) is 0 Å². The highest BCUT2D eigenvalue weighted by atomic mass is 16.5. The molecule has 3 heterocycles. The summed E-state index contributed by atoms with van der Waals surface area (Å²) in [5.41, 5.74) is 0.718. The van der Waals surface area contributed by atoms with Crippen LogP contribution in [0.25, 0.3) is 0 Å². The molecule has 1 aliphatic rings. The predicted molar refractivity (Wildman–Crippen MR) is 90.9 cm³/mol. The van der Waals surface area contributed by atoms with Gasteiger partial charge in [-0.3, -0.25) is 4.79 Å². The second kappa shape index (κ2) is 6.98. The second-order valence-electron chi connectivity index (χ2n) is 7.73. The van der Waals surface area contributed by atoms with Crippen molar-refractivity contribution < 1.29 is 13.8 Å². The van der Waals surface area contributed by atoms with E-state index in [0.717, 1.165) is 30.8 Å². The van der Waals surface area contributed by atoms with Gasteiger partial charge in [-0.1, -0.05) is 31.1 Å². The SMILES string of the molecule is Cc1cc([C@@H]2CCCN2C(=O)CCCc2nc(C(C)(C)C)no2)on1. The second-order valence-corrected chi connectivity index (χ2v) is 7.73. The van der Waals surface area contributed by atoms with Crippen molar-refractivity contribution in [2.24, 2.45) is 0 Å². The Morgan fingerprint density at radius 2 is 2.12 bits per heavy atom. The van der Waals surface area contributed by atoms with Crippen LogP contribution in [0.3, 0.4) is 0 Å². The number of likely N-dealkylation sites (tertiary alicyclic amines) is 1. The first-order chi connectivity index (χ1) is 11.8. The summed E-state index contributed by atoms with van der Waals surface area (Å²) < 4.78 is 10.6. The van der Waals surface area contributed by atoms with Crippen LogP contribution in [0.1, 0.15) is 75.7 Å². The lowest BCUT2D eigenvalue weighted by molar-refractivity contribution is -0.132. The molecule has 0 N–H and O–H groups in total. The zero-order chi connectivity index (χ0) is 18.0. The summed E-state index contributed by atoms with van der Waals surface area (Å²) in [6.07, 6.45) is 3.71. The Hall–Kier alpha value is -2.18. The molecule has 3 rings (SSSR count). The fourth-order valence-corrected chi connectivity index (χ4v) is 3.10. The van der Waals surface area contributed by atoms with E-state index < -0.39 is 0 Å². The minimum Gasteiger partial charge on any atom is -0.359 e. The zero-order valence-corrected chi connectivity index (χ0v) is 15.4. The van der Waals surface area contributed by atoms with Crippen molar-refractivity contribution in [3.63, 3.8) is 0 Å². The number of amides is 1. The summed E-state index contributed by atoms with van der Waals surface area (Å²) in [7, 11) is 0. The van der Waals surface area contributed by atoms with Crippen LogP contribution >= 0.6 is 0 Å². The van der Waals surface area contributed by atoms with E-state index in [1.54, 1.807) is 0 Å². The van der Waals surface area contributed by atoms with Crippen molar-refractivity contribution >= 4 is 5.91 Å². The topological polar surface area (TPSA) is 85.3 Å². The molecule has 0 radical (unpaired) electrons. The molecule has 1 saturated heterocycles. The van der Waals surface area contributed by atoms with Gasteiger partial charge in [0.05, 0.1) is 11.7 Å². The fraction of sp³-hybridized carbons (Fsp3) is 0.667. The molecular formula is C18H26N4O3. The van der Waals surface area contributed by atoms with Gasteiger partial charge in [0.2, 0.25) is 11.8 Å². The first-order valence-corrected chi connectivity index (χ1v) is 8.90. The van der Waals surface area contributed by atoms with Crippen molar-refractivity contribution in [1.29, 1.82) is 0 Å². The summed E-state index contributed by atoms with van der Waals surface area (Å²) in [4.78, 5) is 18.9. The smallest absolute Gasteiger partial charge is 0.226 e. The van der Waals surface area contributed by atoms with E-state index in [-0.39, 0.29) is 17.4 Å². The van der Waals surface area contributed by atoms with E-state index in [9.17, 15) is 4.79 Å². The Morgan fingerprint density at radius 3 is 2.76 bits per heavy atom. The maximum Gasteiger partial charge on any atom is 0.226 e. The van der Waals surface area contributed by atoms with Gasteiger partial charge < -0.3 is 13.9 Å². The fourth-order valence-electron chi connectivity index (χ4n) is 3.10. The van der Waals surface area contributed by atoms with Crippen LogP contribution in [0.5, 0.6) is 0 Å². The van der Waals surface area contributed by atoms with Gasteiger partial charge in [0.25, 0.3) is 0 Å². The standard InChI is InChI=1S/C18H26N4O3/c1-12-11-14(24-20-12)13-7-6-10-22(13)16(23)9-5-8-15-19-17(21-25-15)18(2,3)4/h11,13H,5-10H2,1-4H3/t13-/m0/s1. The van der Waals surface area contributed by atoms with Crippen LogP contribution in [0, 0.1) is 6.92 Å². The van der Waals surface area contributed by atoms with Gasteiger partial charge in [0, 0.05) is 30.9 Å². The molecule has 0 saturated carbocycles. The minimum atomic E-state index is -0.129. The van der Waals surface area contributed by atoms with Crippen molar-refractivity contribution in [3.05, 3.63) is 29.2 Å². The van der Waals surface area contributed by atoms with Crippen LogP contribution in [0.4, 0.5) is 0 Å². The summed E-state index contributed by atoms with van der Waals surface area (Å²) in [6.45, 7) is 8.81. The summed E-state index contributed by atoms with van der Waals surface area (Å²) >= 11 is 0. The van der Waals surface area contributed by atoms with Gasteiger partial charge in [-0.25, -0.2) is 0 Å². The summed E-state index contributed by atoms with van der Waals surface area (Å²) in [5.74, 6) is 2.23. The van der Waals surface area contributed by atoms with E-state index in [1.807, 2.05) is 38.7 Å². The van der Waals surface area contributed by atoms with E-state index in [2.05, 4.69) is 15.3 Å². The molecule has 25 heavy (non-hydrogen) atoms. The normalized spacial score (nSPS) is 18.1. The minimum absolute atomic E-state index is 0.0181. The Kier molecular flexibility index (Phi) is 4.92. The van der Waals surface area contributed by atoms with Crippen LogP contribution in [0.2, 0.25) is 0 Å². The Bertz CT molecular complexity index is 729. The third-order valence-electron chi connectivity index (χ3n) is 4.47. The van der Waals surface area contributed by atoms with Crippen molar-refractivity contribution in [2.75, 3.05) is 6.54 Å². The summed E-state index contributed by atoms with van der Waals surface area (Å²) in [5, 5.41) is 7.95. The molecule has 1 atom stereocenters. The molecule has 0 bridgehead atoms. The molecule has 1 aliphatic heterocycles. The molecule has 1 amide bonds. The van der Waals surface area contributed by atoms with Gasteiger partial charge in [-0.05, 0) is 26.2 Å². The average molecular weight is 346 g/mol. The van der Waals surface area contributed by atoms with E-state index in [0.29, 0.717) is 31.0 Å². The monoisotopic (exact) mass is 346 g/mol. The highest BCUT2D eigenvalue weighted by Crippen LogP contribution is 2.33. The van der Waals surface area contributed by atoms with E-state index in [4.69, 9.17) is 9.05 Å². The molecular weight excluding hydrogens is 320 g/mol. The van der Waals surface area contributed by atoms with Gasteiger partial charge in [0.1, 0.15) is 0 Å². The molecule has 7 heteroatoms. The molecule has 136 valence electrons.